The van der Waals surface area contributed by atoms with Crippen LogP contribution in [0.3, 0.4) is 0 Å². The van der Waals surface area contributed by atoms with Crippen LogP contribution in [0.2, 0.25) is 0 Å². The molecule has 3 rings (SSSR count). The number of nitrogens with one attached hydrogen (secondary N) is 1. The molecule has 1 aliphatic rings. The van der Waals surface area contributed by atoms with Gasteiger partial charge in [-0.15, -0.1) is 0 Å². The highest BCUT2D eigenvalue weighted by Crippen LogP contribution is 2.32. The van der Waals surface area contributed by atoms with E-state index in [-0.39, 0.29) is 6.04 Å². The van der Waals surface area contributed by atoms with Crippen LogP contribution >= 0.6 is 0 Å². The summed E-state index contributed by atoms with van der Waals surface area (Å²) in [5.74, 6) is 0. The van der Waals surface area contributed by atoms with Crippen molar-refractivity contribution in [3.63, 3.8) is 0 Å². The molecule has 0 saturated carbocycles. The van der Waals surface area contributed by atoms with E-state index in [2.05, 4.69) is 4.72 Å². The third-order valence-electron chi connectivity index (χ3n) is 3.89. The molecule has 6 heteroatoms. The molecular weight excluding hydrogens is 286 g/mol. The Morgan fingerprint density at radius 3 is 2.86 bits per heavy atom. The van der Waals surface area contributed by atoms with Crippen molar-refractivity contribution < 1.29 is 8.42 Å². The first-order valence-corrected chi connectivity index (χ1v) is 8.46. The minimum atomic E-state index is -3.49. The molecule has 1 aliphatic carbocycles. The number of nitrogens with two attached hydrogens (primary N) is 1. The first-order valence-electron chi connectivity index (χ1n) is 6.98. The number of fused-ring (bicyclic) bond motifs is 1. The molecule has 0 fully saturated rings. The van der Waals surface area contributed by atoms with Gasteiger partial charge in [-0.05, 0) is 48.6 Å². The highest BCUT2D eigenvalue weighted by molar-refractivity contribution is 7.89. The lowest BCUT2D eigenvalue weighted by molar-refractivity contribution is 0.507. The van der Waals surface area contributed by atoms with Crippen LogP contribution in [0.15, 0.2) is 41.6 Å². The molecule has 1 aromatic carbocycles. The molecule has 0 saturated heterocycles. The van der Waals surface area contributed by atoms with Gasteiger partial charge in [-0.25, -0.2) is 13.1 Å². The van der Waals surface area contributed by atoms with Gasteiger partial charge in [0, 0.05) is 31.2 Å². The minimum absolute atomic E-state index is 0.181. The summed E-state index contributed by atoms with van der Waals surface area (Å²) in [7, 11) is -1.69. The topological polar surface area (TPSA) is 77.1 Å². The van der Waals surface area contributed by atoms with E-state index in [1.807, 2.05) is 18.2 Å². The SMILES string of the molecule is Cn1ccc(S(=O)(=O)NC2CCCc3cc(N)ccc32)c1. The second kappa shape index (κ2) is 5.20. The molecule has 21 heavy (non-hydrogen) atoms. The van der Waals surface area contributed by atoms with Crippen LogP contribution < -0.4 is 10.5 Å². The fourth-order valence-corrected chi connectivity index (χ4v) is 4.15. The number of aromatic nitrogens is 1. The number of rotatable bonds is 3. The first-order chi connectivity index (χ1) is 9.95. The zero-order valence-corrected chi connectivity index (χ0v) is 12.7. The van der Waals surface area contributed by atoms with Gasteiger partial charge in [-0.3, -0.25) is 0 Å². The lowest BCUT2D eigenvalue weighted by atomic mass is 9.88. The van der Waals surface area contributed by atoms with Crippen molar-refractivity contribution in [1.29, 1.82) is 0 Å². The summed E-state index contributed by atoms with van der Waals surface area (Å²) in [4.78, 5) is 0.299. The Bertz CT molecular complexity index is 765. The number of nitrogen functional groups attached to an aromatic ring is 1. The van der Waals surface area contributed by atoms with E-state index >= 15 is 0 Å². The van der Waals surface area contributed by atoms with E-state index in [9.17, 15) is 8.42 Å². The Morgan fingerprint density at radius 1 is 1.33 bits per heavy atom. The van der Waals surface area contributed by atoms with Crippen LogP contribution in [0.4, 0.5) is 5.69 Å². The van der Waals surface area contributed by atoms with Crippen molar-refractivity contribution in [1.82, 2.24) is 9.29 Å². The molecule has 1 heterocycles. The summed E-state index contributed by atoms with van der Waals surface area (Å²) < 4.78 is 29.4. The molecule has 3 N–H and O–H groups in total. The number of hydrogen-bond acceptors (Lipinski definition) is 3. The summed E-state index contributed by atoms with van der Waals surface area (Å²) in [5.41, 5.74) is 8.71. The van der Waals surface area contributed by atoms with Gasteiger partial charge in [0.2, 0.25) is 10.0 Å². The van der Waals surface area contributed by atoms with E-state index in [1.54, 1.807) is 30.1 Å². The standard InChI is InChI=1S/C15H19N3O2S/c1-18-8-7-13(10-18)21(19,20)17-15-4-2-3-11-9-12(16)5-6-14(11)15/h5-10,15,17H,2-4,16H2,1H3. The average Bonchev–Trinajstić information content (AvgIpc) is 2.86. The molecule has 112 valence electrons. The largest absolute Gasteiger partial charge is 0.399 e. The fourth-order valence-electron chi connectivity index (χ4n) is 2.85. The van der Waals surface area contributed by atoms with Crippen molar-refractivity contribution in [2.24, 2.45) is 7.05 Å². The fraction of sp³-hybridized carbons (Fsp3) is 0.333. The van der Waals surface area contributed by atoms with Gasteiger partial charge in [0.05, 0.1) is 4.90 Å². The Kier molecular flexibility index (Phi) is 3.51. The number of aryl methyl sites for hydroxylation is 2. The molecule has 0 radical (unpaired) electrons. The molecule has 1 atom stereocenters. The summed E-state index contributed by atoms with van der Waals surface area (Å²) in [6.07, 6.45) is 6.05. The van der Waals surface area contributed by atoms with E-state index in [4.69, 9.17) is 5.73 Å². The lowest BCUT2D eigenvalue weighted by Gasteiger charge is -2.26. The van der Waals surface area contributed by atoms with Gasteiger partial charge >= 0.3 is 0 Å². The minimum Gasteiger partial charge on any atom is -0.399 e. The van der Waals surface area contributed by atoms with E-state index < -0.39 is 10.0 Å². The number of nitrogens with zero attached hydrogens (tertiary/aromatic N) is 1. The summed E-state index contributed by atoms with van der Waals surface area (Å²) >= 11 is 0. The lowest BCUT2D eigenvalue weighted by Crippen LogP contribution is -2.31. The monoisotopic (exact) mass is 305 g/mol. The van der Waals surface area contributed by atoms with Crippen LogP contribution in [0.5, 0.6) is 0 Å². The molecule has 1 aromatic heterocycles. The number of benzene rings is 1. The Labute approximate surface area is 124 Å². The quantitative estimate of drug-likeness (QED) is 0.851. The maximum Gasteiger partial charge on any atom is 0.242 e. The predicted octanol–water partition coefficient (Wildman–Crippen LogP) is 1.96. The second-order valence-corrected chi connectivity index (χ2v) is 7.25. The number of sulfonamides is 1. The van der Waals surface area contributed by atoms with E-state index in [0.29, 0.717) is 4.90 Å². The van der Waals surface area contributed by atoms with Crippen molar-refractivity contribution >= 4 is 15.7 Å². The van der Waals surface area contributed by atoms with Crippen LogP contribution in [0.25, 0.3) is 0 Å². The smallest absolute Gasteiger partial charge is 0.242 e. The summed E-state index contributed by atoms with van der Waals surface area (Å²) in [5, 5.41) is 0. The zero-order chi connectivity index (χ0) is 15.0. The first kappa shape index (κ1) is 14.2. The Balaban J connectivity index is 1.90. The molecule has 0 aliphatic heterocycles. The molecule has 0 amide bonds. The van der Waals surface area contributed by atoms with Crippen molar-refractivity contribution in [3.8, 4) is 0 Å². The van der Waals surface area contributed by atoms with Crippen molar-refractivity contribution in [2.45, 2.75) is 30.2 Å². The summed E-state index contributed by atoms with van der Waals surface area (Å²) in [6, 6.07) is 7.13. The van der Waals surface area contributed by atoms with Crippen LogP contribution in [0.1, 0.15) is 30.0 Å². The average molecular weight is 305 g/mol. The Morgan fingerprint density at radius 2 is 2.14 bits per heavy atom. The summed E-state index contributed by atoms with van der Waals surface area (Å²) in [6.45, 7) is 0. The second-order valence-electron chi connectivity index (χ2n) is 5.54. The predicted molar refractivity (Wildman–Crippen MR) is 82.3 cm³/mol. The van der Waals surface area contributed by atoms with Gasteiger partial charge in [-0.1, -0.05) is 6.07 Å². The van der Waals surface area contributed by atoms with Crippen molar-refractivity contribution in [3.05, 3.63) is 47.8 Å². The molecular formula is C15H19N3O2S. The van der Waals surface area contributed by atoms with Crippen molar-refractivity contribution in [2.75, 3.05) is 5.73 Å². The van der Waals surface area contributed by atoms with Gasteiger partial charge in [-0.2, -0.15) is 0 Å². The van der Waals surface area contributed by atoms with Crippen LogP contribution in [-0.2, 0) is 23.5 Å². The highest BCUT2D eigenvalue weighted by Gasteiger charge is 2.26. The number of anilines is 1. The molecule has 1 unspecified atom stereocenters. The molecule has 2 aromatic rings. The maximum atomic E-state index is 12.4. The van der Waals surface area contributed by atoms with Gasteiger partial charge in [0.25, 0.3) is 0 Å². The third kappa shape index (κ3) is 2.82. The maximum absolute atomic E-state index is 12.4. The van der Waals surface area contributed by atoms with Crippen LogP contribution in [0, 0.1) is 0 Å². The molecule has 5 nitrogen and oxygen atoms in total. The molecule has 0 spiro atoms. The zero-order valence-electron chi connectivity index (χ0n) is 11.9. The highest BCUT2D eigenvalue weighted by atomic mass is 32.2. The van der Waals surface area contributed by atoms with E-state index in [0.717, 1.165) is 36.1 Å². The van der Waals surface area contributed by atoms with Gasteiger partial charge in [0.1, 0.15) is 0 Å². The van der Waals surface area contributed by atoms with Gasteiger partial charge < -0.3 is 10.3 Å². The van der Waals surface area contributed by atoms with E-state index in [1.165, 1.54) is 0 Å². The Hall–Kier alpha value is -1.79. The van der Waals surface area contributed by atoms with Crippen LogP contribution in [-0.4, -0.2) is 13.0 Å². The number of hydrogen-bond donors (Lipinski definition) is 2. The third-order valence-corrected chi connectivity index (χ3v) is 5.35. The van der Waals surface area contributed by atoms with Gasteiger partial charge in [0.15, 0.2) is 0 Å². The molecule has 0 bridgehead atoms. The normalized spacial score (nSPS) is 18.4.